The minimum Gasteiger partial charge on any atom is -0.439 e. The molecule has 8 heteroatoms. The minimum absolute atomic E-state index is 0.434. The molecule has 3 heterocycles. The number of benzene rings is 1. The van der Waals surface area contributed by atoms with Crippen molar-refractivity contribution >= 4 is 33.3 Å². The third-order valence-corrected chi connectivity index (χ3v) is 4.46. The predicted molar refractivity (Wildman–Crippen MR) is 103 cm³/mol. The standard InChI is InChI=1S/C18H16N6OS/c19-14-2-1-3-15(24-14)25-13-6-4-12(5-7-13)8-9-20-17-16-18(22-10-21-17)26-11-23-16/h1-7,10-11H,8-9H2,(H2,19,24)(H,20,21,22). The van der Waals surface area contributed by atoms with Gasteiger partial charge in [0.05, 0.1) is 5.51 Å². The minimum atomic E-state index is 0.434. The van der Waals surface area contributed by atoms with E-state index in [-0.39, 0.29) is 0 Å². The largest absolute Gasteiger partial charge is 0.439 e. The third-order valence-electron chi connectivity index (χ3n) is 3.73. The van der Waals surface area contributed by atoms with Crippen LogP contribution in [0.5, 0.6) is 11.6 Å². The van der Waals surface area contributed by atoms with E-state index in [2.05, 4.69) is 25.3 Å². The second-order valence-corrected chi connectivity index (χ2v) is 6.39. The summed E-state index contributed by atoms with van der Waals surface area (Å²) in [5, 5.41) is 3.32. The zero-order chi connectivity index (χ0) is 17.8. The first kappa shape index (κ1) is 16.2. The summed E-state index contributed by atoms with van der Waals surface area (Å²) in [7, 11) is 0. The van der Waals surface area contributed by atoms with Crippen molar-refractivity contribution in [3.05, 3.63) is 59.9 Å². The Morgan fingerprint density at radius 2 is 1.92 bits per heavy atom. The number of fused-ring (bicyclic) bond motifs is 1. The van der Waals surface area contributed by atoms with Crippen molar-refractivity contribution in [2.45, 2.75) is 6.42 Å². The molecule has 0 aliphatic carbocycles. The van der Waals surface area contributed by atoms with Crippen molar-refractivity contribution < 1.29 is 4.74 Å². The molecular weight excluding hydrogens is 348 g/mol. The van der Waals surface area contributed by atoms with Crippen molar-refractivity contribution in [2.24, 2.45) is 0 Å². The van der Waals surface area contributed by atoms with E-state index in [4.69, 9.17) is 10.5 Å². The molecule has 0 aliphatic rings. The van der Waals surface area contributed by atoms with Crippen LogP contribution >= 0.6 is 11.3 Å². The Morgan fingerprint density at radius 3 is 2.77 bits per heavy atom. The second-order valence-electron chi connectivity index (χ2n) is 5.55. The van der Waals surface area contributed by atoms with E-state index in [9.17, 15) is 0 Å². The molecule has 0 amide bonds. The highest BCUT2D eigenvalue weighted by molar-refractivity contribution is 7.16. The highest BCUT2D eigenvalue weighted by atomic mass is 32.1. The molecule has 0 atom stereocenters. The quantitative estimate of drug-likeness (QED) is 0.540. The van der Waals surface area contributed by atoms with Crippen molar-refractivity contribution in [2.75, 3.05) is 17.6 Å². The maximum atomic E-state index is 5.70. The van der Waals surface area contributed by atoms with Crippen molar-refractivity contribution in [1.29, 1.82) is 0 Å². The van der Waals surface area contributed by atoms with Gasteiger partial charge in [-0.2, -0.15) is 4.98 Å². The third kappa shape index (κ3) is 3.70. The van der Waals surface area contributed by atoms with Gasteiger partial charge in [-0.05, 0) is 30.2 Å². The first-order valence-electron chi connectivity index (χ1n) is 8.05. The first-order chi connectivity index (χ1) is 12.8. The van der Waals surface area contributed by atoms with E-state index >= 15 is 0 Å². The van der Waals surface area contributed by atoms with Gasteiger partial charge in [-0.3, -0.25) is 0 Å². The van der Waals surface area contributed by atoms with Gasteiger partial charge in [0, 0.05) is 12.6 Å². The van der Waals surface area contributed by atoms with E-state index in [1.54, 1.807) is 24.0 Å². The first-order valence-corrected chi connectivity index (χ1v) is 8.93. The Hall–Kier alpha value is -3.26. The second kappa shape index (κ2) is 7.32. The molecule has 1 aromatic carbocycles. The molecule has 3 N–H and O–H groups in total. The van der Waals surface area contributed by atoms with E-state index in [1.807, 2.05) is 30.3 Å². The monoisotopic (exact) mass is 364 g/mol. The number of nitrogens with two attached hydrogens (primary N) is 1. The van der Waals surface area contributed by atoms with Crippen LogP contribution in [0.3, 0.4) is 0 Å². The molecule has 0 saturated heterocycles. The molecule has 0 fully saturated rings. The van der Waals surface area contributed by atoms with Crippen LogP contribution in [0.25, 0.3) is 10.3 Å². The molecule has 0 bridgehead atoms. The van der Waals surface area contributed by atoms with E-state index < -0.39 is 0 Å². The number of rotatable bonds is 6. The fourth-order valence-electron chi connectivity index (χ4n) is 2.48. The molecule has 4 rings (SSSR count). The van der Waals surface area contributed by atoms with Gasteiger partial charge in [0.25, 0.3) is 0 Å². The van der Waals surface area contributed by atoms with Crippen LogP contribution in [0.15, 0.2) is 54.3 Å². The number of nitrogens with one attached hydrogen (secondary N) is 1. The smallest absolute Gasteiger partial charge is 0.221 e. The van der Waals surface area contributed by atoms with Crippen molar-refractivity contribution in [3.8, 4) is 11.6 Å². The maximum Gasteiger partial charge on any atom is 0.221 e. The lowest BCUT2D eigenvalue weighted by Crippen LogP contribution is -2.07. The molecule has 0 unspecified atom stereocenters. The Bertz CT molecular complexity index is 1020. The fourth-order valence-corrected chi connectivity index (χ4v) is 3.11. The number of hydrogen-bond acceptors (Lipinski definition) is 8. The van der Waals surface area contributed by atoms with E-state index in [0.717, 1.165) is 34.9 Å². The number of nitrogens with zero attached hydrogens (tertiary/aromatic N) is 4. The van der Waals surface area contributed by atoms with Gasteiger partial charge in [0.15, 0.2) is 5.82 Å². The SMILES string of the molecule is Nc1cccc(Oc2ccc(CCNc3ncnc4scnc34)cc2)n1. The average molecular weight is 364 g/mol. The van der Waals surface area contributed by atoms with Crippen molar-refractivity contribution in [3.63, 3.8) is 0 Å². The van der Waals surface area contributed by atoms with Gasteiger partial charge in [-0.15, -0.1) is 11.3 Å². The van der Waals surface area contributed by atoms with Gasteiger partial charge >= 0.3 is 0 Å². The molecule has 0 radical (unpaired) electrons. The molecule has 4 aromatic rings. The van der Waals surface area contributed by atoms with Crippen LogP contribution in [0.4, 0.5) is 11.6 Å². The van der Waals surface area contributed by atoms with E-state index in [0.29, 0.717) is 11.7 Å². The summed E-state index contributed by atoms with van der Waals surface area (Å²) in [6.45, 7) is 0.751. The summed E-state index contributed by atoms with van der Waals surface area (Å²) < 4.78 is 5.70. The van der Waals surface area contributed by atoms with E-state index in [1.165, 1.54) is 16.9 Å². The molecule has 0 aliphatic heterocycles. The van der Waals surface area contributed by atoms with Crippen LogP contribution in [0.1, 0.15) is 5.56 Å². The number of hydrogen-bond donors (Lipinski definition) is 2. The number of ether oxygens (including phenoxy) is 1. The average Bonchev–Trinajstić information content (AvgIpc) is 3.13. The Labute approximate surface area is 153 Å². The summed E-state index contributed by atoms with van der Waals surface area (Å²) in [4.78, 5) is 17.8. The van der Waals surface area contributed by atoms with Crippen LogP contribution in [0, 0.1) is 0 Å². The maximum absolute atomic E-state index is 5.70. The van der Waals surface area contributed by atoms with Gasteiger partial charge in [-0.25, -0.2) is 15.0 Å². The fraction of sp³-hybridized carbons (Fsp3) is 0.111. The van der Waals surface area contributed by atoms with Crippen LogP contribution < -0.4 is 15.8 Å². The number of thiazole rings is 1. The highest BCUT2D eigenvalue weighted by Crippen LogP contribution is 2.22. The zero-order valence-electron chi connectivity index (χ0n) is 13.8. The summed E-state index contributed by atoms with van der Waals surface area (Å²) in [5.74, 6) is 2.41. The van der Waals surface area contributed by atoms with Gasteiger partial charge in [0.2, 0.25) is 5.88 Å². The Morgan fingerprint density at radius 1 is 1.04 bits per heavy atom. The lowest BCUT2D eigenvalue weighted by molar-refractivity contribution is 0.463. The summed E-state index contributed by atoms with van der Waals surface area (Å²) in [6, 6.07) is 13.2. The topological polar surface area (TPSA) is 98.8 Å². The van der Waals surface area contributed by atoms with Crippen LogP contribution in [0.2, 0.25) is 0 Å². The van der Waals surface area contributed by atoms with Gasteiger partial charge < -0.3 is 15.8 Å². The molecular formula is C18H16N6OS. The number of nitrogen functional groups attached to an aromatic ring is 1. The Kier molecular flexibility index (Phi) is 4.57. The summed E-state index contributed by atoms with van der Waals surface area (Å²) in [6.07, 6.45) is 2.41. The Balaban J connectivity index is 1.35. The zero-order valence-corrected chi connectivity index (χ0v) is 14.6. The van der Waals surface area contributed by atoms with Crippen LogP contribution in [-0.2, 0) is 6.42 Å². The number of anilines is 2. The lowest BCUT2D eigenvalue weighted by Gasteiger charge is -2.08. The lowest BCUT2D eigenvalue weighted by atomic mass is 10.1. The number of aromatic nitrogens is 4. The molecule has 26 heavy (non-hydrogen) atoms. The molecule has 0 saturated carbocycles. The molecule has 7 nitrogen and oxygen atoms in total. The van der Waals surface area contributed by atoms with Crippen LogP contribution in [-0.4, -0.2) is 26.5 Å². The van der Waals surface area contributed by atoms with Crippen molar-refractivity contribution in [1.82, 2.24) is 19.9 Å². The molecule has 0 spiro atoms. The number of pyridine rings is 1. The summed E-state index contributed by atoms with van der Waals surface area (Å²) >= 11 is 1.51. The molecule has 130 valence electrons. The predicted octanol–water partition coefficient (Wildman–Crippen LogP) is 3.51. The van der Waals surface area contributed by atoms with Gasteiger partial charge in [-0.1, -0.05) is 18.2 Å². The molecule has 3 aromatic heterocycles. The normalized spacial score (nSPS) is 10.8. The highest BCUT2D eigenvalue weighted by Gasteiger charge is 2.05. The summed E-state index contributed by atoms with van der Waals surface area (Å²) in [5.41, 5.74) is 9.44. The van der Waals surface area contributed by atoms with Gasteiger partial charge in [0.1, 0.15) is 28.2 Å².